The second-order valence-corrected chi connectivity index (χ2v) is 10.2. The van der Waals surface area contributed by atoms with Gasteiger partial charge in [0, 0.05) is 29.7 Å². The molecule has 0 aromatic carbocycles. The molecule has 0 saturated carbocycles. The second kappa shape index (κ2) is 7.23. The minimum atomic E-state index is 0.0371. The van der Waals surface area contributed by atoms with E-state index in [2.05, 4.69) is 20.0 Å². The van der Waals surface area contributed by atoms with Crippen molar-refractivity contribution in [2.45, 2.75) is 39.2 Å². The Hall–Kier alpha value is -2.55. The lowest BCUT2D eigenvalue weighted by Crippen LogP contribution is -2.45. The summed E-state index contributed by atoms with van der Waals surface area (Å²) in [5.41, 5.74) is 14.3. The van der Waals surface area contributed by atoms with Gasteiger partial charge in [0.15, 0.2) is 5.82 Å². The lowest BCUT2D eigenvalue weighted by atomic mass is 9.73. The molecule has 1 fully saturated rings. The van der Waals surface area contributed by atoms with Crippen LogP contribution in [-0.2, 0) is 6.42 Å². The van der Waals surface area contributed by atoms with Gasteiger partial charge in [-0.1, -0.05) is 11.6 Å². The third kappa shape index (κ3) is 2.82. The number of hydrogen-bond donors (Lipinski definition) is 1. The van der Waals surface area contributed by atoms with Crippen LogP contribution in [0.4, 0.5) is 5.82 Å². The number of fused-ring (bicyclic) bond motifs is 2. The highest BCUT2D eigenvalue weighted by atomic mass is 35.5. The fourth-order valence-electron chi connectivity index (χ4n) is 5.38. The third-order valence-electron chi connectivity index (χ3n) is 7.22. The van der Waals surface area contributed by atoms with E-state index in [1.807, 2.05) is 42.2 Å². The van der Waals surface area contributed by atoms with E-state index in [1.54, 1.807) is 17.5 Å². The number of aryl methyl sites for hydroxylation is 2. The summed E-state index contributed by atoms with van der Waals surface area (Å²) in [4.78, 5) is 17.6. The van der Waals surface area contributed by atoms with Crippen molar-refractivity contribution in [3.05, 3.63) is 57.0 Å². The van der Waals surface area contributed by atoms with Crippen molar-refractivity contribution in [1.29, 1.82) is 0 Å². The summed E-state index contributed by atoms with van der Waals surface area (Å²) in [6.07, 6.45) is 6.73. The van der Waals surface area contributed by atoms with Crippen LogP contribution in [0.15, 0.2) is 30.0 Å². The molecule has 7 nitrogen and oxygen atoms in total. The standard InChI is InChI=1S/C23H24ClN7S/c1-13-18(24)15(3-7-26-13)20-14(2)29-22(16-4-8-28-31(16)20)30-9-5-23(6-10-30)11-17-19(21(23)25)27-12-32-17/h3-4,7-8,12,21H,5-6,9-11,25H2,1-2H3/t21-/m1/s1. The molecule has 0 amide bonds. The van der Waals surface area contributed by atoms with Gasteiger partial charge in [0.2, 0.25) is 0 Å². The molecule has 1 saturated heterocycles. The lowest BCUT2D eigenvalue weighted by molar-refractivity contribution is 0.186. The van der Waals surface area contributed by atoms with Gasteiger partial charge in [0.25, 0.3) is 0 Å². The third-order valence-corrected chi connectivity index (χ3v) is 8.54. The van der Waals surface area contributed by atoms with Crippen molar-refractivity contribution in [3.8, 4) is 11.3 Å². The van der Waals surface area contributed by atoms with Crippen molar-refractivity contribution >= 4 is 34.3 Å². The molecular formula is C23H24ClN7S. The first-order chi connectivity index (χ1) is 15.5. The second-order valence-electron chi connectivity index (χ2n) is 8.92. The van der Waals surface area contributed by atoms with E-state index in [0.29, 0.717) is 5.02 Å². The molecule has 9 heteroatoms. The number of thiazole rings is 1. The quantitative estimate of drug-likeness (QED) is 0.473. The Bertz CT molecular complexity index is 1340. The molecule has 4 aromatic heterocycles. The minimum absolute atomic E-state index is 0.0371. The van der Waals surface area contributed by atoms with Gasteiger partial charge in [-0.25, -0.2) is 14.5 Å². The monoisotopic (exact) mass is 465 g/mol. The molecular weight excluding hydrogens is 442 g/mol. The molecule has 1 aliphatic carbocycles. The van der Waals surface area contributed by atoms with E-state index in [-0.39, 0.29) is 11.5 Å². The molecule has 2 N–H and O–H groups in total. The van der Waals surface area contributed by atoms with Gasteiger partial charge in [0.1, 0.15) is 5.52 Å². The molecule has 1 atom stereocenters. The van der Waals surface area contributed by atoms with Crippen molar-refractivity contribution in [1.82, 2.24) is 24.6 Å². The SMILES string of the molecule is Cc1nccc(-c2c(C)nc(N3CCC4(CC3)Cc3scnc3[C@H]4N)c3ccnn23)c1Cl. The van der Waals surface area contributed by atoms with Gasteiger partial charge >= 0.3 is 0 Å². The van der Waals surface area contributed by atoms with Gasteiger partial charge < -0.3 is 10.6 Å². The molecule has 0 unspecified atom stereocenters. The van der Waals surface area contributed by atoms with Crippen LogP contribution in [0, 0.1) is 19.3 Å². The van der Waals surface area contributed by atoms with E-state index < -0.39 is 0 Å². The number of halogens is 1. The zero-order chi connectivity index (χ0) is 22.0. The van der Waals surface area contributed by atoms with Gasteiger partial charge in [0.05, 0.1) is 45.5 Å². The number of pyridine rings is 1. The summed E-state index contributed by atoms with van der Waals surface area (Å²) >= 11 is 8.35. The van der Waals surface area contributed by atoms with Crippen LogP contribution >= 0.6 is 22.9 Å². The molecule has 164 valence electrons. The van der Waals surface area contributed by atoms with Crippen molar-refractivity contribution in [3.63, 3.8) is 0 Å². The highest BCUT2D eigenvalue weighted by Crippen LogP contribution is 2.51. The molecule has 32 heavy (non-hydrogen) atoms. The predicted molar refractivity (Wildman–Crippen MR) is 127 cm³/mol. The fourth-order valence-corrected chi connectivity index (χ4v) is 6.55. The maximum Gasteiger partial charge on any atom is 0.155 e. The van der Waals surface area contributed by atoms with Crippen LogP contribution < -0.4 is 10.6 Å². The highest BCUT2D eigenvalue weighted by molar-refractivity contribution is 7.09. The van der Waals surface area contributed by atoms with E-state index >= 15 is 0 Å². The van der Waals surface area contributed by atoms with Crippen LogP contribution in [0.1, 0.15) is 40.8 Å². The summed E-state index contributed by atoms with van der Waals surface area (Å²) in [6, 6.07) is 3.99. The van der Waals surface area contributed by atoms with Crippen molar-refractivity contribution in [2.24, 2.45) is 11.1 Å². The Morgan fingerprint density at radius 3 is 2.72 bits per heavy atom. The predicted octanol–water partition coefficient (Wildman–Crippen LogP) is 4.36. The summed E-state index contributed by atoms with van der Waals surface area (Å²) in [5, 5.41) is 5.27. The summed E-state index contributed by atoms with van der Waals surface area (Å²) in [7, 11) is 0. The molecule has 6 rings (SSSR count). The van der Waals surface area contributed by atoms with Gasteiger partial charge in [-0.05, 0) is 50.7 Å². The Kier molecular flexibility index (Phi) is 4.54. The molecule has 4 aromatic rings. The Balaban J connectivity index is 1.35. The van der Waals surface area contributed by atoms with Crippen LogP contribution in [-0.4, -0.2) is 37.7 Å². The Labute approximate surface area is 195 Å². The summed E-state index contributed by atoms with van der Waals surface area (Å²) < 4.78 is 1.96. The first-order valence-corrected chi connectivity index (χ1v) is 12.1. The van der Waals surface area contributed by atoms with E-state index in [4.69, 9.17) is 22.3 Å². The number of rotatable bonds is 2. The average molecular weight is 466 g/mol. The van der Waals surface area contributed by atoms with Crippen LogP contribution in [0.25, 0.3) is 16.8 Å². The fraction of sp³-hybridized carbons (Fsp3) is 0.391. The Morgan fingerprint density at radius 2 is 1.94 bits per heavy atom. The molecule has 1 spiro atoms. The number of nitrogens with two attached hydrogens (primary N) is 1. The average Bonchev–Trinajstić information content (AvgIpc) is 3.50. The number of piperidine rings is 1. The van der Waals surface area contributed by atoms with Gasteiger partial charge in [-0.15, -0.1) is 11.3 Å². The van der Waals surface area contributed by atoms with E-state index in [1.165, 1.54) is 4.88 Å². The number of anilines is 1. The van der Waals surface area contributed by atoms with Crippen molar-refractivity contribution < 1.29 is 0 Å². The molecule has 0 radical (unpaired) electrons. The van der Waals surface area contributed by atoms with Gasteiger partial charge in [-0.3, -0.25) is 4.98 Å². The molecule has 1 aliphatic heterocycles. The van der Waals surface area contributed by atoms with Crippen LogP contribution in [0.5, 0.6) is 0 Å². The smallest absolute Gasteiger partial charge is 0.155 e. The normalized spacial score (nSPS) is 19.8. The largest absolute Gasteiger partial charge is 0.355 e. The summed E-state index contributed by atoms with van der Waals surface area (Å²) in [5.74, 6) is 0.972. The van der Waals surface area contributed by atoms with Gasteiger partial charge in [-0.2, -0.15) is 5.10 Å². The number of aromatic nitrogens is 5. The highest BCUT2D eigenvalue weighted by Gasteiger charge is 2.47. The topological polar surface area (TPSA) is 85.2 Å². The Morgan fingerprint density at radius 1 is 1.12 bits per heavy atom. The number of hydrogen-bond acceptors (Lipinski definition) is 7. The lowest BCUT2D eigenvalue weighted by Gasteiger charge is -2.42. The van der Waals surface area contributed by atoms with Crippen molar-refractivity contribution in [2.75, 3.05) is 18.0 Å². The summed E-state index contributed by atoms with van der Waals surface area (Å²) in [6.45, 7) is 5.78. The molecule has 0 bridgehead atoms. The maximum absolute atomic E-state index is 6.67. The first kappa shape index (κ1) is 20.1. The first-order valence-electron chi connectivity index (χ1n) is 10.9. The van der Waals surface area contributed by atoms with E-state index in [9.17, 15) is 0 Å². The van der Waals surface area contributed by atoms with E-state index in [0.717, 1.165) is 72.0 Å². The molecule has 5 heterocycles. The minimum Gasteiger partial charge on any atom is -0.355 e. The zero-order valence-electron chi connectivity index (χ0n) is 18.0. The van der Waals surface area contributed by atoms with Crippen LogP contribution in [0.3, 0.4) is 0 Å². The molecule has 2 aliphatic rings. The van der Waals surface area contributed by atoms with Crippen LogP contribution in [0.2, 0.25) is 5.02 Å². The number of nitrogens with zero attached hydrogens (tertiary/aromatic N) is 6. The zero-order valence-corrected chi connectivity index (χ0v) is 19.6. The maximum atomic E-state index is 6.67.